The molecule has 0 atom stereocenters. The molecule has 2 aromatic heterocycles. The molecule has 0 N–H and O–H groups in total. The average molecular weight is 365 g/mol. The molecular weight excluding hydrogens is 356 g/mol. The van der Waals surface area contributed by atoms with Crippen molar-refractivity contribution in [3.8, 4) is 16.5 Å². The third kappa shape index (κ3) is 3.20. The van der Waals surface area contributed by atoms with Crippen LogP contribution in [-0.2, 0) is 6.61 Å². The summed E-state index contributed by atoms with van der Waals surface area (Å²) in [7, 11) is 0. The van der Waals surface area contributed by atoms with E-state index in [1.807, 2.05) is 17.5 Å². The zero-order valence-corrected chi connectivity index (χ0v) is 13.1. The first kappa shape index (κ1) is 14.0. The van der Waals surface area contributed by atoms with Gasteiger partial charge in [0.1, 0.15) is 5.75 Å². The molecule has 2 heterocycles. The fourth-order valence-corrected chi connectivity index (χ4v) is 2.73. The third-order valence-electron chi connectivity index (χ3n) is 2.66. The van der Waals surface area contributed by atoms with Crippen LogP contribution in [0.15, 0.2) is 44.7 Å². The molecule has 0 saturated carbocycles. The summed E-state index contributed by atoms with van der Waals surface area (Å²) in [5, 5.41) is 5.84. The number of thiophene rings is 1. The Morgan fingerprint density at radius 3 is 3.05 bits per heavy atom. The molecule has 0 aliphatic carbocycles. The molecule has 0 aliphatic rings. The van der Waals surface area contributed by atoms with Crippen LogP contribution in [0.3, 0.4) is 0 Å². The zero-order valence-electron chi connectivity index (χ0n) is 10.7. The number of ether oxygens (including phenoxy) is 1. The molecule has 3 rings (SSSR count). The second-order valence-corrected chi connectivity index (χ2v) is 5.94. The summed E-state index contributed by atoms with van der Waals surface area (Å²) < 4.78 is 11.5. The summed E-state index contributed by atoms with van der Waals surface area (Å²) in [6, 6.07) is 9.04. The van der Waals surface area contributed by atoms with Crippen LogP contribution in [0, 0.1) is 0 Å². The molecule has 0 fully saturated rings. The minimum absolute atomic E-state index is 0.112. The predicted molar refractivity (Wildman–Crippen MR) is 81.5 cm³/mol. The third-order valence-corrected chi connectivity index (χ3v) is 4.02. The van der Waals surface area contributed by atoms with E-state index in [-0.39, 0.29) is 6.61 Å². The second kappa shape index (κ2) is 6.19. The number of carbonyl (C=O) groups excluding carboxylic acids is 1. The number of carbonyl (C=O) groups is 1. The Morgan fingerprint density at radius 2 is 2.29 bits per heavy atom. The number of aldehydes is 1. The lowest BCUT2D eigenvalue weighted by Crippen LogP contribution is -1.98. The largest absolute Gasteiger partial charge is 0.483 e. The topological polar surface area (TPSA) is 65.2 Å². The first-order valence-electron chi connectivity index (χ1n) is 6.00. The monoisotopic (exact) mass is 364 g/mol. The highest BCUT2D eigenvalue weighted by atomic mass is 79.9. The van der Waals surface area contributed by atoms with Gasteiger partial charge in [-0.15, -0.1) is 11.3 Å². The van der Waals surface area contributed by atoms with Gasteiger partial charge in [-0.1, -0.05) is 27.2 Å². The van der Waals surface area contributed by atoms with Crippen LogP contribution in [-0.4, -0.2) is 16.4 Å². The van der Waals surface area contributed by atoms with Crippen LogP contribution >= 0.6 is 27.3 Å². The van der Waals surface area contributed by atoms with E-state index >= 15 is 0 Å². The highest BCUT2D eigenvalue weighted by Crippen LogP contribution is 2.24. The maximum atomic E-state index is 11.0. The van der Waals surface area contributed by atoms with Crippen LogP contribution < -0.4 is 4.74 Å². The first-order chi connectivity index (χ1) is 10.3. The molecule has 21 heavy (non-hydrogen) atoms. The lowest BCUT2D eigenvalue weighted by molar-refractivity contribution is 0.111. The van der Waals surface area contributed by atoms with Crippen molar-refractivity contribution in [3.05, 3.63) is 51.6 Å². The van der Waals surface area contributed by atoms with E-state index in [1.54, 1.807) is 18.2 Å². The van der Waals surface area contributed by atoms with Crippen molar-refractivity contribution in [1.82, 2.24) is 10.1 Å². The van der Waals surface area contributed by atoms with E-state index in [0.29, 0.717) is 23.0 Å². The van der Waals surface area contributed by atoms with Gasteiger partial charge in [-0.05, 0) is 29.6 Å². The van der Waals surface area contributed by atoms with Crippen LogP contribution in [0.5, 0.6) is 5.75 Å². The van der Waals surface area contributed by atoms with Crippen LogP contribution in [0.1, 0.15) is 16.2 Å². The number of halogens is 1. The van der Waals surface area contributed by atoms with Crippen LogP contribution in [0.25, 0.3) is 10.7 Å². The smallest absolute Gasteiger partial charge is 0.264 e. The maximum absolute atomic E-state index is 11.0. The molecule has 0 amide bonds. The maximum Gasteiger partial charge on any atom is 0.264 e. The fraction of sp³-hybridized carbons (Fsp3) is 0.0714. The Kier molecular flexibility index (Phi) is 4.12. The van der Waals surface area contributed by atoms with Crippen molar-refractivity contribution in [2.45, 2.75) is 6.61 Å². The van der Waals surface area contributed by atoms with Gasteiger partial charge >= 0.3 is 0 Å². The van der Waals surface area contributed by atoms with Crippen molar-refractivity contribution in [1.29, 1.82) is 0 Å². The Bertz CT molecular complexity index is 755. The van der Waals surface area contributed by atoms with Gasteiger partial charge in [0.05, 0.1) is 10.4 Å². The molecule has 7 heteroatoms. The van der Waals surface area contributed by atoms with Crippen LogP contribution in [0.4, 0.5) is 0 Å². The van der Waals surface area contributed by atoms with Crippen molar-refractivity contribution in [2.75, 3.05) is 0 Å². The summed E-state index contributed by atoms with van der Waals surface area (Å²) >= 11 is 4.84. The lowest BCUT2D eigenvalue weighted by Gasteiger charge is -2.05. The highest BCUT2D eigenvalue weighted by molar-refractivity contribution is 9.10. The van der Waals surface area contributed by atoms with Crippen molar-refractivity contribution in [2.24, 2.45) is 0 Å². The molecule has 0 unspecified atom stereocenters. The zero-order chi connectivity index (χ0) is 14.7. The summed E-state index contributed by atoms with van der Waals surface area (Å²) in [4.78, 5) is 16.2. The quantitative estimate of drug-likeness (QED) is 0.641. The lowest BCUT2D eigenvalue weighted by atomic mass is 10.2. The SMILES string of the molecule is O=Cc1cc(Br)ccc1OCc1nc(-c2cccs2)no1. The van der Waals surface area contributed by atoms with E-state index in [1.165, 1.54) is 11.3 Å². The average Bonchev–Trinajstić information content (AvgIpc) is 3.16. The molecule has 0 spiro atoms. The minimum atomic E-state index is 0.112. The van der Waals surface area contributed by atoms with Gasteiger partial charge in [0.25, 0.3) is 5.89 Å². The number of rotatable bonds is 5. The number of nitrogens with zero attached hydrogens (tertiary/aromatic N) is 2. The number of hydrogen-bond acceptors (Lipinski definition) is 6. The highest BCUT2D eigenvalue weighted by Gasteiger charge is 2.11. The van der Waals surface area contributed by atoms with Crippen molar-refractivity contribution in [3.63, 3.8) is 0 Å². The standard InChI is InChI=1S/C14H9BrN2O3S/c15-10-3-4-11(9(6-10)7-18)19-8-13-16-14(17-20-13)12-2-1-5-21-12/h1-7H,8H2. The number of hydrogen-bond donors (Lipinski definition) is 0. The van der Waals surface area contributed by atoms with Gasteiger partial charge in [0.15, 0.2) is 12.9 Å². The predicted octanol–water partition coefficient (Wildman–Crippen LogP) is 3.95. The number of benzene rings is 1. The van der Waals surface area contributed by atoms with Gasteiger partial charge in [0.2, 0.25) is 5.82 Å². The fourth-order valence-electron chi connectivity index (χ4n) is 1.70. The summed E-state index contributed by atoms with van der Waals surface area (Å²) in [5.74, 6) is 1.37. The van der Waals surface area contributed by atoms with Gasteiger partial charge in [-0.3, -0.25) is 4.79 Å². The molecule has 0 aliphatic heterocycles. The molecule has 0 bridgehead atoms. The summed E-state index contributed by atoms with van der Waals surface area (Å²) in [5.41, 5.74) is 0.461. The van der Waals surface area contributed by atoms with Crippen molar-refractivity contribution < 1.29 is 14.1 Å². The molecule has 0 saturated heterocycles. The Hall–Kier alpha value is -1.99. The van der Waals surface area contributed by atoms with Gasteiger partial charge in [-0.25, -0.2) is 0 Å². The molecule has 5 nitrogen and oxygen atoms in total. The first-order valence-corrected chi connectivity index (χ1v) is 7.67. The van der Waals surface area contributed by atoms with E-state index in [4.69, 9.17) is 9.26 Å². The van der Waals surface area contributed by atoms with Gasteiger partial charge in [0, 0.05) is 4.47 Å². The second-order valence-electron chi connectivity index (χ2n) is 4.08. The molecule has 0 radical (unpaired) electrons. The minimum Gasteiger partial charge on any atom is -0.483 e. The Balaban J connectivity index is 1.72. The Morgan fingerprint density at radius 1 is 1.38 bits per heavy atom. The number of aromatic nitrogens is 2. The molecule has 106 valence electrons. The van der Waals surface area contributed by atoms with Gasteiger partial charge < -0.3 is 9.26 Å². The van der Waals surface area contributed by atoms with E-state index in [2.05, 4.69) is 26.1 Å². The van der Waals surface area contributed by atoms with Gasteiger partial charge in [-0.2, -0.15) is 4.98 Å². The summed E-state index contributed by atoms with van der Waals surface area (Å²) in [6.07, 6.45) is 0.741. The molecule has 1 aromatic carbocycles. The Labute approximate surface area is 132 Å². The molecule has 3 aromatic rings. The van der Waals surface area contributed by atoms with E-state index in [9.17, 15) is 4.79 Å². The normalized spacial score (nSPS) is 10.5. The van der Waals surface area contributed by atoms with E-state index in [0.717, 1.165) is 15.6 Å². The molecular formula is C14H9BrN2O3S. The van der Waals surface area contributed by atoms with Crippen LogP contribution in [0.2, 0.25) is 0 Å². The summed E-state index contributed by atoms with van der Waals surface area (Å²) in [6.45, 7) is 0.112. The van der Waals surface area contributed by atoms with Crippen molar-refractivity contribution >= 4 is 33.6 Å². The van der Waals surface area contributed by atoms with E-state index < -0.39 is 0 Å².